The maximum absolute atomic E-state index is 9.31. The van der Waals surface area contributed by atoms with Crippen LogP contribution in [0, 0.1) is 48.5 Å². The van der Waals surface area contributed by atoms with Crippen LogP contribution in [-0.4, -0.2) is 14.4 Å². The molecule has 33 heavy (non-hydrogen) atoms. The molecule has 5 aromatic rings. The third kappa shape index (κ3) is 12.6. The van der Waals surface area contributed by atoms with Crippen LogP contribution in [0.25, 0.3) is 10.9 Å². The van der Waals surface area contributed by atoms with E-state index in [-0.39, 0.29) is 27.5 Å². The van der Waals surface area contributed by atoms with Gasteiger partial charge in [-0.25, -0.2) is 0 Å². The summed E-state index contributed by atoms with van der Waals surface area (Å²) in [7, 11) is 0. The molecule has 0 amide bonds. The van der Waals surface area contributed by atoms with E-state index in [0.717, 1.165) is 11.1 Å². The van der Waals surface area contributed by atoms with Gasteiger partial charge in [-0.3, -0.25) is 4.98 Å². The van der Waals surface area contributed by atoms with Crippen LogP contribution in [0.1, 0.15) is 0 Å². The van der Waals surface area contributed by atoms with Crippen LogP contribution < -0.4 is 10.9 Å². The molecule has 5 rings (SSSR count). The van der Waals surface area contributed by atoms with Gasteiger partial charge in [-0.1, -0.05) is 36.4 Å². The fourth-order valence-electron chi connectivity index (χ4n) is 2.09. The number of nitrogens with one attached hydrogen (secondary N) is 2. The van der Waals surface area contributed by atoms with Gasteiger partial charge in [0.15, 0.2) is 0 Å². The van der Waals surface area contributed by atoms with Crippen LogP contribution in [-0.2, 0) is 34.3 Å². The molecule has 4 aromatic carbocycles. The molecule has 0 radical (unpaired) electrons. The second-order valence-corrected chi connectivity index (χ2v) is 6.70. The summed E-state index contributed by atoms with van der Waals surface area (Å²) in [5.74, 6) is 0.239. The van der Waals surface area contributed by atoms with Gasteiger partial charge in [-0.15, -0.1) is 0 Å². The Balaban J connectivity index is 0.000000231. The van der Waals surface area contributed by atoms with Crippen LogP contribution >= 0.6 is 12.2 Å². The Hall–Kier alpha value is -3.03. The van der Waals surface area contributed by atoms with Crippen molar-refractivity contribution in [1.82, 2.24) is 10.4 Å². The van der Waals surface area contributed by atoms with Gasteiger partial charge in [0.25, 0.3) is 0 Å². The Morgan fingerprint density at radius 1 is 0.848 bits per heavy atom. The average Bonchev–Trinajstić information content (AvgIpc) is 3.59. The zero-order valence-electron chi connectivity index (χ0n) is 17.2. The van der Waals surface area contributed by atoms with Crippen LogP contribution in [0.4, 0.5) is 5.69 Å². The van der Waals surface area contributed by atoms with Crippen molar-refractivity contribution in [2.75, 3.05) is 5.43 Å². The fourth-order valence-corrected chi connectivity index (χ4v) is 2.20. The van der Waals surface area contributed by atoms with Crippen molar-refractivity contribution in [3.05, 3.63) is 128 Å². The largest absolute Gasteiger partial charge is 0.999 e. The van der Waals surface area contributed by atoms with Crippen molar-refractivity contribution in [3.8, 4) is 5.75 Å². The van der Waals surface area contributed by atoms with Gasteiger partial charge in [0, 0.05) is 33.3 Å². The molecule has 168 valence electrons. The SMILES string of the molecule is Oc1cccc2cccnc12.S=C([S-])NNc1ccccc1.[Ti].[c-]1[c-][c-][cH-][c-]1.[c-]1[c-][c-][cH-][c-]1. The molecule has 4 nitrogen and oxygen atoms in total. The third-order valence-corrected chi connectivity index (χ3v) is 3.60. The van der Waals surface area contributed by atoms with E-state index in [1.54, 1.807) is 30.5 Å². The molecule has 3 N–H and O–H groups in total. The van der Waals surface area contributed by atoms with Gasteiger partial charge in [-0.05, 0) is 28.6 Å². The number of hydrogen-bond donors (Lipinski definition) is 3. The smallest absolute Gasteiger partial charge is 0.141 e. The quantitative estimate of drug-likeness (QED) is 0.109. The van der Waals surface area contributed by atoms with Crippen LogP contribution in [0.3, 0.4) is 0 Å². The number of fused-ring (bicyclic) bond motifs is 1. The van der Waals surface area contributed by atoms with Crippen molar-refractivity contribution in [2.45, 2.75) is 0 Å². The van der Waals surface area contributed by atoms with Crippen molar-refractivity contribution in [3.63, 3.8) is 0 Å². The molecule has 0 saturated carbocycles. The van der Waals surface area contributed by atoms with Gasteiger partial charge in [-0.2, -0.15) is 0 Å². The molecule has 0 atom stereocenters. The predicted octanol–water partition coefficient (Wildman–Crippen LogP) is 4.59. The molecule has 0 unspecified atom stereocenters. The van der Waals surface area contributed by atoms with E-state index in [1.807, 2.05) is 48.5 Å². The van der Waals surface area contributed by atoms with Crippen molar-refractivity contribution in [2.24, 2.45) is 0 Å². The van der Waals surface area contributed by atoms with Gasteiger partial charge < -0.3 is 101 Å². The molecule has 7 heteroatoms. The van der Waals surface area contributed by atoms with Gasteiger partial charge in [0.05, 0.1) is 5.69 Å². The predicted molar refractivity (Wildman–Crippen MR) is 131 cm³/mol. The van der Waals surface area contributed by atoms with E-state index >= 15 is 0 Å². The van der Waals surface area contributed by atoms with E-state index in [0.29, 0.717) is 9.84 Å². The minimum atomic E-state index is 0. The molecule has 0 aliphatic heterocycles. The van der Waals surface area contributed by atoms with Crippen LogP contribution in [0.5, 0.6) is 5.75 Å². The number of aromatic hydroxyl groups is 1. The number of benzene rings is 2. The van der Waals surface area contributed by atoms with Crippen LogP contribution in [0.15, 0.2) is 79.0 Å². The number of hydrogen-bond acceptors (Lipinski definition) is 5. The molecule has 0 aliphatic carbocycles. The summed E-state index contributed by atoms with van der Waals surface area (Å²) in [5, 5.41) is 10.3. The van der Waals surface area contributed by atoms with E-state index in [1.165, 1.54) is 0 Å². The van der Waals surface area contributed by atoms with E-state index in [4.69, 9.17) is 0 Å². The fraction of sp³-hybridized carbons (Fsp3) is 0. The van der Waals surface area contributed by atoms with Gasteiger partial charge >= 0.3 is 0 Å². The summed E-state index contributed by atoms with van der Waals surface area (Å²) in [6, 6.07) is 42.8. The second-order valence-electron chi connectivity index (χ2n) is 5.62. The van der Waals surface area contributed by atoms with E-state index < -0.39 is 0 Å². The van der Waals surface area contributed by atoms with Gasteiger partial charge in [0.1, 0.15) is 11.3 Å². The Bertz CT molecular complexity index is 1050. The monoisotopic (exact) mass is 498 g/mol. The van der Waals surface area contributed by atoms with E-state index in [9.17, 15) is 5.11 Å². The normalized spacial score (nSPS) is 8.73. The first kappa shape index (κ1) is 28.0. The van der Waals surface area contributed by atoms with Crippen LogP contribution in [0.2, 0.25) is 0 Å². The number of rotatable bonds is 2. The molecule has 0 aliphatic rings. The molecule has 1 heterocycles. The van der Waals surface area contributed by atoms with Crippen molar-refractivity contribution < 1.29 is 26.8 Å². The number of nitrogens with zero attached hydrogens (tertiary/aromatic N) is 1. The Labute approximate surface area is 220 Å². The molecular weight excluding hydrogens is 482 g/mol. The zero-order valence-corrected chi connectivity index (χ0v) is 20.4. The molecular formula is C26H16N3OS2Ti-11. The standard InChI is InChI=1S/C9H7NO.C7H8N2S2.2C5H.Ti/c11-8-5-1-3-7-4-2-6-10-9(7)8;10-7(11)9-8-6-4-2-1-3-5-6;2*1-2-4-5-3-1;/h1-6,11H;1-5,8H,(H2,9,10,11);2*1H;/q;;2*-5;/p-1. The second kappa shape index (κ2) is 17.5. The number of phenolic OH excluding ortho intramolecular Hbond substituents is 1. The molecule has 0 saturated heterocycles. The number of hydrazine groups is 1. The Morgan fingerprint density at radius 3 is 1.91 bits per heavy atom. The maximum atomic E-state index is 9.31. The summed E-state index contributed by atoms with van der Waals surface area (Å²) >= 11 is 9.27. The number of thiocarbonyl (C=S) groups is 1. The third-order valence-electron chi connectivity index (χ3n) is 3.40. The van der Waals surface area contributed by atoms with Crippen molar-refractivity contribution in [1.29, 1.82) is 0 Å². The first-order chi connectivity index (χ1) is 15.7. The topological polar surface area (TPSA) is 57.2 Å². The summed E-state index contributed by atoms with van der Waals surface area (Å²) in [5.41, 5.74) is 7.11. The first-order valence-corrected chi connectivity index (χ1v) is 9.94. The van der Waals surface area contributed by atoms with E-state index in [2.05, 4.69) is 89.2 Å². The molecule has 0 bridgehead atoms. The summed E-state index contributed by atoms with van der Waals surface area (Å²) in [4.78, 5) is 4.03. The first-order valence-electron chi connectivity index (χ1n) is 9.13. The number of anilines is 1. The summed E-state index contributed by atoms with van der Waals surface area (Å²) in [6.45, 7) is 0. The number of aromatic nitrogens is 1. The van der Waals surface area contributed by atoms with Gasteiger partial charge in [0.2, 0.25) is 0 Å². The zero-order chi connectivity index (χ0) is 22.9. The number of phenols is 1. The number of para-hydroxylation sites is 2. The van der Waals surface area contributed by atoms with Crippen molar-refractivity contribution >= 4 is 45.8 Å². The minimum Gasteiger partial charge on any atom is -0.999 e. The Kier molecular flexibility index (Phi) is 14.9. The Morgan fingerprint density at radius 2 is 1.42 bits per heavy atom. The summed E-state index contributed by atoms with van der Waals surface area (Å²) < 4.78 is 0.314. The molecule has 1 aromatic heterocycles. The average molecular weight is 498 g/mol. The minimum absolute atomic E-state index is 0. The maximum Gasteiger partial charge on any atom is 0.141 e. The summed E-state index contributed by atoms with van der Waals surface area (Å²) in [6.07, 6.45) is 1.67. The number of pyridine rings is 1. The molecule has 0 spiro atoms. The molecule has 0 fully saturated rings.